The first-order valence-corrected chi connectivity index (χ1v) is 19.5. The fraction of sp³-hybridized carbons (Fsp3) is 0.0185. The van der Waals surface area contributed by atoms with Gasteiger partial charge in [0, 0.05) is 21.9 Å². The van der Waals surface area contributed by atoms with E-state index >= 15 is 0 Å². The molecular weight excluding hydrogens is 693 g/mol. The standard InChI is InChI=1S/C54H34N2O/c1-3-16-35(17-4-1)38-33-48(36-18-5-2-6-19-36)55-52(34-38)56-49-27-12-10-25-46(49)54(47-26-11-13-28-50(47)56)44-24-9-7-20-40(44)43-32-37(30-31-45(43)54)39-22-15-23-42-41-21-8-14-29-51(41)57-53(39)42/h1-34H. The molecule has 8 aromatic carbocycles. The minimum atomic E-state index is -0.557. The molecule has 3 heterocycles. The third-order valence-electron chi connectivity index (χ3n) is 12.1. The monoisotopic (exact) mass is 726 g/mol. The number of nitrogens with zero attached hydrogens (tertiary/aromatic N) is 2. The van der Waals surface area contributed by atoms with E-state index in [4.69, 9.17) is 9.40 Å². The van der Waals surface area contributed by atoms with E-state index in [1.807, 2.05) is 6.07 Å². The second kappa shape index (κ2) is 12.3. The average molecular weight is 727 g/mol. The SMILES string of the molecule is c1ccc(-c2cc(-c3ccccc3)nc(N3c4ccccc4C4(c5ccccc5-c5cc(-c6cccc7c6oc6ccccc67)ccc54)c4ccccc43)c2)cc1. The molecule has 0 N–H and O–H groups in total. The van der Waals surface area contributed by atoms with Gasteiger partial charge < -0.3 is 4.42 Å². The molecule has 0 radical (unpaired) electrons. The first kappa shape index (κ1) is 31.8. The van der Waals surface area contributed by atoms with Gasteiger partial charge in [-0.05, 0) is 86.5 Å². The van der Waals surface area contributed by atoms with Crippen LogP contribution in [0.25, 0.3) is 66.6 Å². The zero-order valence-corrected chi connectivity index (χ0v) is 30.9. The van der Waals surface area contributed by atoms with Crippen molar-refractivity contribution in [2.45, 2.75) is 5.41 Å². The second-order valence-corrected chi connectivity index (χ2v) is 15.0. The van der Waals surface area contributed by atoms with Crippen LogP contribution < -0.4 is 4.90 Å². The number of anilines is 3. The molecule has 0 bridgehead atoms. The zero-order valence-electron chi connectivity index (χ0n) is 30.9. The Hall–Kier alpha value is -7.49. The van der Waals surface area contributed by atoms with Crippen LogP contribution >= 0.6 is 0 Å². The molecule has 1 aliphatic carbocycles. The highest BCUT2D eigenvalue weighted by Gasteiger charge is 2.51. The highest BCUT2D eigenvalue weighted by atomic mass is 16.3. The molecule has 1 spiro atoms. The maximum Gasteiger partial charge on any atom is 0.143 e. The van der Waals surface area contributed by atoms with Crippen molar-refractivity contribution in [3.05, 3.63) is 229 Å². The van der Waals surface area contributed by atoms with Crippen molar-refractivity contribution in [1.82, 2.24) is 4.98 Å². The van der Waals surface area contributed by atoms with Crippen LogP contribution in [0, 0.1) is 0 Å². The van der Waals surface area contributed by atoms with E-state index in [1.54, 1.807) is 0 Å². The van der Waals surface area contributed by atoms with Gasteiger partial charge in [0.1, 0.15) is 17.0 Å². The molecule has 0 atom stereocenters. The van der Waals surface area contributed by atoms with Crippen molar-refractivity contribution < 1.29 is 4.42 Å². The van der Waals surface area contributed by atoms with E-state index in [0.29, 0.717) is 0 Å². The number of aromatic nitrogens is 1. The number of fused-ring (bicyclic) bond motifs is 12. The van der Waals surface area contributed by atoms with Gasteiger partial charge >= 0.3 is 0 Å². The van der Waals surface area contributed by atoms with Crippen molar-refractivity contribution >= 4 is 39.1 Å². The molecule has 10 aromatic rings. The molecular formula is C54H34N2O. The highest BCUT2D eigenvalue weighted by molar-refractivity contribution is 6.10. The van der Waals surface area contributed by atoms with Crippen LogP contribution in [0.2, 0.25) is 0 Å². The topological polar surface area (TPSA) is 29.3 Å². The van der Waals surface area contributed by atoms with E-state index in [2.05, 4.69) is 205 Å². The smallest absolute Gasteiger partial charge is 0.143 e. The first-order chi connectivity index (χ1) is 28.3. The fourth-order valence-corrected chi connectivity index (χ4v) is 9.68. The number of hydrogen-bond acceptors (Lipinski definition) is 3. The predicted octanol–water partition coefficient (Wildman–Crippen LogP) is 14.1. The summed E-state index contributed by atoms with van der Waals surface area (Å²) in [6.45, 7) is 0. The number of rotatable bonds is 4. The molecule has 3 heteroatoms. The number of furan rings is 1. The summed E-state index contributed by atoms with van der Waals surface area (Å²) in [6.07, 6.45) is 0. The first-order valence-electron chi connectivity index (χ1n) is 19.5. The number of hydrogen-bond donors (Lipinski definition) is 0. The molecule has 3 nitrogen and oxygen atoms in total. The van der Waals surface area contributed by atoms with Crippen LogP contribution in [0.1, 0.15) is 22.3 Å². The normalized spacial score (nSPS) is 13.4. The molecule has 266 valence electrons. The Morgan fingerprint density at radius 3 is 1.75 bits per heavy atom. The average Bonchev–Trinajstić information content (AvgIpc) is 3.81. The Morgan fingerprint density at radius 2 is 0.982 bits per heavy atom. The molecule has 0 fully saturated rings. The third kappa shape index (κ3) is 4.57. The quantitative estimate of drug-likeness (QED) is 0.181. The molecule has 0 amide bonds. The van der Waals surface area contributed by atoms with E-state index < -0.39 is 5.41 Å². The largest absolute Gasteiger partial charge is 0.455 e. The van der Waals surface area contributed by atoms with Gasteiger partial charge in [0.05, 0.1) is 22.5 Å². The molecule has 12 rings (SSSR count). The maximum atomic E-state index is 6.55. The molecule has 0 unspecified atom stereocenters. The Bertz CT molecular complexity index is 3090. The summed E-state index contributed by atoms with van der Waals surface area (Å²) in [6, 6.07) is 74.3. The minimum Gasteiger partial charge on any atom is -0.455 e. The summed E-state index contributed by atoms with van der Waals surface area (Å²) in [4.78, 5) is 7.84. The Balaban J connectivity index is 1.10. The molecule has 2 aliphatic rings. The van der Waals surface area contributed by atoms with Gasteiger partial charge in [-0.25, -0.2) is 4.98 Å². The Kier molecular flexibility index (Phi) is 6.84. The van der Waals surface area contributed by atoms with Crippen molar-refractivity contribution in [2.24, 2.45) is 0 Å². The van der Waals surface area contributed by atoms with Gasteiger partial charge in [-0.2, -0.15) is 0 Å². The molecule has 0 saturated carbocycles. The summed E-state index contributed by atoms with van der Waals surface area (Å²) in [5.74, 6) is 0.880. The van der Waals surface area contributed by atoms with Gasteiger partial charge in [-0.15, -0.1) is 0 Å². The zero-order chi connectivity index (χ0) is 37.5. The molecule has 1 aliphatic heterocycles. The van der Waals surface area contributed by atoms with Gasteiger partial charge in [0.2, 0.25) is 0 Å². The molecule has 57 heavy (non-hydrogen) atoms. The highest BCUT2D eigenvalue weighted by Crippen LogP contribution is 2.63. The van der Waals surface area contributed by atoms with Crippen LogP contribution in [-0.2, 0) is 5.41 Å². The number of para-hydroxylation sites is 4. The van der Waals surface area contributed by atoms with Crippen LogP contribution in [0.15, 0.2) is 211 Å². The lowest BCUT2D eigenvalue weighted by molar-refractivity contribution is 0.670. The van der Waals surface area contributed by atoms with Gasteiger partial charge in [0.15, 0.2) is 0 Å². The predicted molar refractivity (Wildman–Crippen MR) is 233 cm³/mol. The van der Waals surface area contributed by atoms with E-state index in [9.17, 15) is 0 Å². The van der Waals surface area contributed by atoms with Crippen molar-refractivity contribution in [3.8, 4) is 44.6 Å². The lowest BCUT2D eigenvalue weighted by Gasteiger charge is -2.44. The van der Waals surface area contributed by atoms with E-state index in [1.165, 1.54) is 33.4 Å². The van der Waals surface area contributed by atoms with Crippen molar-refractivity contribution in [2.75, 3.05) is 4.90 Å². The van der Waals surface area contributed by atoms with Crippen LogP contribution in [0.3, 0.4) is 0 Å². The van der Waals surface area contributed by atoms with E-state index in [-0.39, 0.29) is 0 Å². The summed E-state index contributed by atoms with van der Waals surface area (Å²) in [5.41, 5.74) is 17.6. The van der Waals surface area contributed by atoms with Crippen LogP contribution in [0.5, 0.6) is 0 Å². The van der Waals surface area contributed by atoms with Crippen molar-refractivity contribution in [1.29, 1.82) is 0 Å². The summed E-state index contributed by atoms with van der Waals surface area (Å²) in [7, 11) is 0. The third-order valence-corrected chi connectivity index (χ3v) is 12.1. The summed E-state index contributed by atoms with van der Waals surface area (Å²) >= 11 is 0. The molecule has 2 aromatic heterocycles. The van der Waals surface area contributed by atoms with Gasteiger partial charge in [-0.1, -0.05) is 170 Å². The number of pyridine rings is 1. The second-order valence-electron chi connectivity index (χ2n) is 15.0. The lowest BCUT2D eigenvalue weighted by atomic mass is 9.64. The van der Waals surface area contributed by atoms with Crippen LogP contribution in [0.4, 0.5) is 17.2 Å². The summed E-state index contributed by atoms with van der Waals surface area (Å²) in [5, 5.41) is 2.27. The van der Waals surface area contributed by atoms with Gasteiger partial charge in [-0.3, -0.25) is 4.90 Å². The Labute approximate surface area is 330 Å². The Morgan fingerprint density at radius 1 is 0.386 bits per heavy atom. The maximum absolute atomic E-state index is 6.55. The van der Waals surface area contributed by atoms with E-state index in [0.717, 1.165) is 72.6 Å². The lowest BCUT2D eigenvalue weighted by Crippen LogP contribution is -2.36. The summed E-state index contributed by atoms with van der Waals surface area (Å²) < 4.78 is 6.55. The number of benzene rings is 8. The van der Waals surface area contributed by atoms with Crippen molar-refractivity contribution in [3.63, 3.8) is 0 Å². The minimum absolute atomic E-state index is 0.557. The van der Waals surface area contributed by atoms with Gasteiger partial charge in [0.25, 0.3) is 0 Å². The fourth-order valence-electron chi connectivity index (χ4n) is 9.68. The van der Waals surface area contributed by atoms with Crippen LogP contribution in [-0.4, -0.2) is 4.98 Å². The molecule has 0 saturated heterocycles.